The van der Waals surface area contributed by atoms with Gasteiger partial charge in [0.2, 0.25) is 0 Å². The summed E-state index contributed by atoms with van der Waals surface area (Å²) in [6.07, 6.45) is 12.8. The fourth-order valence-corrected chi connectivity index (χ4v) is 8.64. The third kappa shape index (κ3) is 2.81. The number of allylic oxidation sites excluding steroid dienone is 3. The highest BCUT2D eigenvalue weighted by atomic mass is 16.5. The number of ether oxygens (including phenoxy) is 1. The standard InChI is InChI=1S/C30H38O5/c1-26-11-12-27(2,25(34)35-6)16-23(26)29(4)10-8-21-19-15-22(32)24(33)20(17-31)18(19)7-9-28(21,3)30(29,5)14-13-26/h7-9,15,17,23,32-33H,10-14,16H2,1-6H3/t23?,26-,27-,28-,29+,30-/m1/s1. The van der Waals surface area contributed by atoms with Crippen LogP contribution < -0.4 is 0 Å². The molecule has 0 radical (unpaired) electrons. The molecule has 1 unspecified atom stereocenters. The molecule has 35 heavy (non-hydrogen) atoms. The Morgan fingerprint density at radius 2 is 1.77 bits per heavy atom. The van der Waals surface area contributed by atoms with Crippen molar-refractivity contribution in [2.75, 3.05) is 7.11 Å². The molecule has 6 atom stereocenters. The van der Waals surface area contributed by atoms with Gasteiger partial charge in [0.25, 0.3) is 0 Å². The van der Waals surface area contributed by atoms with Gasteiger partial charge in [-0.05, 0) is 90.4 Å². The smallest absolute Gasteiger partial charge is 0.311 e. The van der Waals surface area contributed by atoms with Crippen molar-refractivity contribution in [3.8, 4) is 11.5 Å². The van der Waals surface area contributed by atoms with Crippen molar-refractivity contribution in [3.05, 3.63) is 34.9 Å². The number of methoxy groups -OCH3 is 1. The van der Waals surface area contributed by atoms with E-state index in [9.17, 15) is 19.8 Å². The molecule has 2 N–H and O–H groups in total. The second-order valence-electron chi connectivity index (χ2n) is 12.8. The predicted molar refractivity (Wildman–Crippen MR) is 136 cm³/mol. The van der Waals surface area contributed by atoms with E-state index in [0.717, 1.165) is 49.7 Å². The average Bonchev–Trinajstić information content (AvgIpc) is 2.82. The number of carbonyl (C=O) groups is 2. The Kier molecular flexibility index (Phi) is 4.99. The van der Waals surface area contributed by atoms with Gasteiger partial charge >= 0.3 is 5.97 Å². The summed E-state index contributed by atoms with van der Waals surface area (Å²) < 4.78 is 5.25. The minimum atomic E-state index is -0.470. The van der Waals surface area contributed by atoms with Gasteiger partial charge in [0.15, 0.2) is 17.8 Å². The van der Waals surface area contributed by atoms with Crippen molar-refractivity contribution in [2.24, 2.45) is 33.0 Å². The summed E-state index contributed by atoms with van der Waals surface area (Å²) in [5.41, 5.74) is 1.97. The van der Waals surface area contributed by atoms with Crippen molar-refractivity contribution < 1.29 is 24.5 Å². The summed E-state index contributed by atoms with van der Waals surface area (Å²) in [5.74, 6) is -0.371. The van der Waals surface area contributed by atoms with Crippen molar-refractivity contribution >= 4 is 23.9 Å². The number of phenols is 2. The summed E-state index contributed by atoms with van der Waals surface area (Å²) in [4.78, 5) is 24.6. The van der Waals surface area contributed by atoms with Crippen LogP contribution in [-0.4, -0.2) is 29.6 Å². The van der Waals surface area contributed by atoms with Gasteiger partial charge in [0.05, 0.1) is 18.1 Å². The lowest BCUT2D eigenvalue weighted by Gasteiger charge is -2.70. The van der Waals surface area contributed by atoms with Gasteiger partial charge in [-0.3, -0.25) is 9.59 Å². The molecule has 0 aliphatic heterocycles. The molecule has 0 heterocycles. The second-order valence-corrected chi connectivity index (χ2v) is 12.8. The number of esters is 1. The van der Waals surface area contributed by atoms with E-state index in [-0.39, 0.29) is 44.7 Å². The molecule has 5 nitrogen and oxygen atoms in total. The zero-order valence-corrected chi connectivity index (χ0v) is 21.8. The lowest BCUT2D eigenvalue weighted by Crippen LogP contribution is -2.63. The Bertz CT molecular complexity index is 1200. The topological polar surface area (TPSA) is 83.8 Å². The molecule has 5 rings (SSSR count). The van der Waals surface area contributed by atoms with Crippen molar-refractivity contribution in [3.63, 3.8) is 0 Å². The van der Waals surface area contributed by atoms with Crippen LogP contribution >= 0.6 is 0 Å². The molecule has 0 aromatic heterocycles. The molecule has 0 bridgehead atoms. The minimum Gasteiger partial charge on any atom is -0.504 e. The summed E-state index contributed by atoms with van der Waals surface area (Å²) in [7, 11) is 1.50. The van der Waals surface area contributed by atoms with Gasteiger partial charge < -0.3 is 14.9 Å². The number of hydrogen-bond acceptors (Lipinski definition) is 5. The van der Waals surface area contributed by atoms with Gasteiger partial charge in [-0.15, -0.1) is 0 Å². The summed E-state index contributed by atoms with van der Waals surface area (Å²) in [6, 6.07) is 1.61. The molecule has 2 saturated carbocycles. The first-order chi connectivity index (χ1) is 16.3. The van der Waals surface area contributed by atoms with Crippen LogP contribution in [0.1, 0.15) is 94.6 Å². The lowest BCUT2D eigenvalue weighted by atomic mass is 9.33. The fraction of sp³-hybridized carbons (Fsp3) is 0.600. The maximum atomic E-state index is 12.8. The first-order valence-corrected chi connectivity index (χ1v) is 12.8. The largest absolute Gasteiger partial charge is 0.504 e. The summed E-state index contributed by atoms with van der Waals surface area (Å²) >= 11 is 0. The van der Waals surface area contributed by atoms with Crippen LogP contribution in [0.4, 0.5) is 0 Å². The van der Waals surface area contributed by atoms with Crippen LogP contribution in [0.5, 0.6) is 11.5 Å². The number of aldehydes is 1. The van der Waals surface area contributed by atoms with Crippen molar-refractivity contribution in [2.45, 2.75) is 73.1 Å². The normalized spacial score (nSPS) is 41.5. The number of rotatable bonds is 2. The van der Waals surface area contributed by atoms with Crippen molar-refractivity contribution in [1.29, 1.82) is 0 Å². The van der Waals surface area contributed by atoms with E-state index in [2.05, 4.69) is 46.8 Å². The molecule has 1 aromatic rings. The van der Waals surface area contributed by atoms with Crippen LogP contribution in [0.25, 0.3) is 11.6 Å². The molecule has 0 amide bonds. The number of benzene rings is 1. The van der Waals surface area contributed by atoms with E-state index < -0.39 is 5.41 Å². The number of carbonyl (C=O) groups excluding carboxylic acids is 2. The van der Waals surface area contributed by atoms with E-state index in [4.69, 9.17) is 4.74 Å². The highest BCUT2D eigenvalue weighted by Gasteiger charge is 2.68. The van der Waals surface area contributed by atoms with Gasteiger partial charge in [-0.1, -0.05) is 45.9 Å². The van der Waals surface area contributed by atoms with E-state index in [1.807, 2.05) is 6.08 Å². The molecule has 2 fully saturated rings. The molecule has 0 saturated heterocycles. The highest BCUT2D eigenvalue weighted by Crippen LogP contribution is 2.76. The quantitative estimate of drug-likeness (QED) is 0.287. The predicted octanol–water partition coefficient (Wildman–Crippen LogP) is 6.52. The van der Waals surface area contributed by atoms with Crippen LogP contribution in [0.3, 0.4) is 0 Å². The zero-order valence-electron chi connectivity index (χ0n) is 21.8. The van der Waals surface area contributed by atoms with Crippen molar-refractivity contribution in [1.82, 2.24) is 0 Å². The Morgan fingerprint density at radius 1 is 1.09 bits per heavy atom. The van der Waals surface area contributed by atoms with Crippen LogP contribution in [0.15, 0.2) is 18.2 Å². The van der Waals surface area contributed by atoms with E-state index in [1.165, 1.54) is 7.11 Å². The van der Waals surface area contributed by atoms with E-state index in [0.29, 0.717) is 17.8 Å². The molecular weight excluding hydrogens is 440 g/mol. The van der Waals surface area contributed by atoms with Gasteiger partial charge in [0, 0.05) is 5.41 Å². The number of fused-ring (bicyclic) bond motifs is 7. The molecule has 188 valence electrons. The SMILES string of the molecule is COC(=O)[C@]1(C)CC[C@]2(C)CC[C@@]3(C)[C@@](C)(CC=C4c5cc(O)c(O)c(C=O)c5C=C[C@]43C)C2C1. The molecule has 4 aliphatic carbocycles. The van der Waals surface area contributed by atoms with Gasteiger partial charge in [-0.25, -0.2) is 0 Å². The Labute approximate surface area is 208 Å². The number of hydrogen-bond donors (Lipinski definition) is 2. The lowest BCUT2D eigenvalue weighted by molar-refractivity contribution is -0.190. The van der Waals surface area contributed by atoms with Gasteiger partial charge in [0.1, 0.15) is 0 Å². The average molecular weight is 479 g/mol. The number of phenolic OH excluding ortho intramolecular Hbond substituents is 2. The fourth-order valence-electron chi connectivity index (χ4n) is 8.64. The summed E-state index contributed by atoms with van der Waals surface area (Å²) in [6.45, 7) is 11.6. The van der Waals surface area contributed by atoms with Crippen LogP contribution in [0.2, 0.25) is 0 Å². The second kappa shape index (κ2) is 7.24. The molecule has 0 spiro atoms. The zero-order chi connectivity index (χ0) is 25.6. The third-order valence-corrected chi connectivity index (χ3v) is 11.4. The Hall–Kier alpha value is -2.56. The van der Waals surface area contributed by atoms with Gasteiger partial charge in [-0.2, -0.15) is 0 Å². The number of aromatic hydroxyl groups is 2. The monoisotopic (exact) mass is 478 g/mol. The summed E-state index contributed by atoms with van der Waals surface area (Å²) in [5, 5.41) is 20.7. The van der Waals surface area contributed by atoms with E-state index in [1.54, 1.807) is 6.07 Å². The Morgan fingerprint density at radius 3 is 2.43 bits per heavy atom. The first kappa shape index (κ1) is 24.1. The highest BCUT2D eigenvalue weighted by molar-refractivity contribution is 5.95. The van der Waals surface area contributed by atoms with E-state index >= 15 is 0 Å². The maximum absolute atomic E-state index is 12.8. The molecule has 5 heteroatoms. The maximum Gasteiger partial charge on any atom is 0.311 e. The molecular formula is C30H38O5. The van der Waals surface area contributed by atoms with Crippen LogP contribution in [-0.2, 0) is 9.53 Å². The Balaban J connectivity index is 1.67. The third-order valence-electron chi connectivity index (χ3n) is 11.4. The first-order valence-electron chi connectivity index (χ1n) is 12.8. The molecule has 1 aromatic carbocycles. The minimum absolute atomic E-state index is 0.0533. The van der Waals surface area contributed by atoms with Crippen LogP contribution in [0, 0.1) is 33.0 Å². The molecule has 4 aliphatic rings.